The third-order valence-electron chi connectivity index (χ3n) is 7.55. The Morgan fingerprint density at radius 3 is 2.00 bits per heavy atom. The number of aryl methyl sites for hydroxylation is 1. The number of hydrogen-bond donors (Lipinski definition) is 1. The summed E-state index contributed by atoms with van der Waals surface area (Å²) in [5.41, 5.74) is 2.54. The Labute approximate surface area is 224 Å². The number of fused-ring (bicyclic) bond motifs is 3. The van der Waals surface area contributed by atoms with Gasteiger partial charge >= 0.3 is 0 Å². The third kappa shape index (κ3) is 4.79. The normalized spacial score (nSPS) is 17.2. The molecule has 0 fully saturated rings. The van der Waals surface area contributed by atoms with Crippen molar-refractivity contribution in [3.8, 4) is 17.2 Å². The summed E-state index contributed by atoms with van der Waals surface area (Å²) in [5, 5.41) is 10.9. The Hall–Kier alpha value is -2.98. The minimum absolute atomic E-state index is 0.0472. The number of methoxy groups -OCH3 is 2. The van der Waals surface area contributed by atoms with Crippen molar-refractivity contribution in [2.45, 2.75) is 58.4 Å². The maximum absolute atomic E-state index is 14.4. The number of ether oxygens (including phenoxy) is 4. The van der Waals surface area contributed by atoms with E-state index in [1.54, 1.807) is 18.2 Å². The number of carbonyl (C=O) groups excluding carboxylic acids is 2. The predicted octanol–water partition coefficient (Wildman–Crippen LogP) is 5.45. The lowest BCUT2D eigenvalue weighted by atomic mass is 9.72. The quantitative estimate of drug-likeness (QED) is 0.349. The Morgan fingerprint density at radius 1 is 0.921 bits per heavy atom. The van der Waals surface area contributed by atoms with Crippen molar-refractivity contribution < 1.29 is 38.1 Å². The molecule has 0 heterocycles. The molecular weight excluding hydrogens is 504 g/mol. The van der Waals surface area contributed by atoms with Gasteiger partial charge in [0.15, 0.2) is 33.5 Å². The van der Waals surface area contributed by atoms with Crippen molar-refractivity contribution in [2.75, 3.05) is 27.8 Å². The van der Waals surface area contributed by atoms with Crippen LogP contribution in [0.25, 0.3) is 5.57 Å². The summed E-state index contributed by atoms with van der Waals surface area (Å²) in [6.07, 6.45) is -0.304. The van der Waals surface area contributed by atoms with Gasteiger partial charge in [0.1, 0.15) is 17.2 Å². The minimum atomic E-state index is -2.38. The third-order valence-corrected chi connectivity index (χ3v) is 12.0. The van der Waals surface area contributed by atoms with E-state index in [9.17, 15) is 14.7 Å². The van der Waals surface area contributed by atoms with Gasteiger partial charge in [0.05, 0.1) is 17.2 Å². The fourth-order valence-corrected chi connectivity index (χ4v) is 6.04. The molecule has 0 radical (unpaired) electrons. The average Bonchev–Trinajstić information content (AvgIpc) is 2.82. The molecule has 0 saturated carbocycles. The zero-order chi connectivity index (χ0) is 28.0. The summed E-state index contributed by atoms with van der Waals surface area (Å²) in [6.45, 7) is 12.3. The number of rotatable bonds is 8. The molecule has 38 heavy (non-hydrogen) atoms. The van der Waals surface area contributed by atoms with Gasteiger partial charge in [-0.3, -0.25) is 9.59 Å². The zero-order valence-electron chi connectivity index (χ0n) is 23.3. The topological polar surface area (TPSA) is 101 Å². The molecule has 0 aromatic heterocycles. The highest BCUT2D eigenvalue weighted by Crippen LogP contribution is 2.49. The fraction of sp³-hybridized carbons (Fsp3) is 0.448. The summed E-state index contributed by atoms with van der Waals surface area (Å²) in [6, 6.07) is 6.70. The number of carbonyl (C=O) groups is 2. The molecule has 0 spiro atoms. The van der Waals surface area contributed by atoms with E-state index >= 15 is 0 Å². The predicted molar refractivity (Wildman–Crippen MR) is 146 cm³/mol. The first-order valence-electron chi connectivity index (χ1n) is 12.6. The highest BCUT2D eigenvalue weighted by molar-refractivity contribution is 6.74. The second-order valence-corrected chi connectivity index (χ2v) is 16.0. The first kappa shape index (κ1) is 28.0. The number of phenolic OH excluding ortho intramolecular Hbond substituents is 1. The van der Waals surface area contributed by atoms with Crippen molar-refractivity contribution in [2.24, 2.45) is 0 Å². The Balaban J connectivity index is 2.00. The van der Waals surface area contributed by atoms with Crippen molar-refractivity contribution in [3.05, 3.63) is 57.7 Å². The van der Waals surface area contributed by atoms with Crippen molar-refractivity contribution >= 4 is 25.5 Å². The van der Waals surface area contributed by atoms with E-state index in [-0.39, 0.29) is 58.1 Å². The molecule has 2 aromatic carbocycles. The van der Waals surface area contributed by atoms with Crippen molar-refractivity contribution in [1.82, 2.24) is 0 Å². The lowest BCUT2D eigenvalue weighted by molar-refractivity contribution is 0.0468. The molecule has 1 atom stereocenters. The van der Waals surface area contributed by atoms with Crippen LogP contribution in [0.3, 0.4) is 0 Å². The van der Waals surface area contributed by atoms with Crippen LogP contribution in [-0.2, 0) is 20.3 Å². The smallest absolute Gasteiger partial charge is 0.198 e. The maximum Gasteiger partial charge on any atom is 0.198 e. The van der Waals surface area contributed by atoms with Gasteiger partial charge in [-0.2, -0.15) is 0 Å². The van der Waals surface area contributed by atoms with Crippen LogP contribution in [0.5, 0.6) is 17.2 Å². The average molecular weight is 541 g/mol. The molecule has 0 unspecified atom stereocenters. The highest BCUT2D eigenvalue weighted by atomic mass is 28.4. The van der Waals surface area contributed by atoms with Gasteiger partial charge in [-0.15, -0.1) is 0 Å². The van der Waals surface area contributed by atoms with Gasteiger partial charge in [-0.05, 0) is 54.4 Å². The van der Waals surface area contributed by atoms with E-state index in [2.05, 4.69) is 33.9 Å². The molecule has 4 rings (SSSR count). The number of aromatic hydroxyl groups is 1. The van der Waals surface area contributed by atoms with Gasteiger partial charge in [-0.25, -0.2) is 0 Å². The Bertz CT molecular complexity index is 1320. The summed E-state index contributed by atoms with van der Waals surface area (Å²) in [4.78, 5) is 28.7. The van der Waals surface area contributed by atoms with E-state index in [4.69, 9.17) is 23.4 Å². The maximum atomic E-state index is 14.4. The molecule has 0 bridgehead atoms. The van der Waals surface area contributed by atoms with E-state index < -0.39 is 26.0 Å². The number of ketones is 2. The summed E-state index contributed by atoms with van der Waals surface area (Å²) in [5.74, 6) is -0.474. The van der Waals surface area contributed by atoms with Crippen LogP contribution in [0.4, 0.5) is 0 Å². The molecule has 1 N–H and O–H groups in total. The summed E-state index contributed by atoms with van der Waals surface area (Å²) in [7, 11) is 0.567. The minimum Gasteiger partial charge on any atom is -0.507 e. The first-order valence-corrected chi connectivity index (χ1v) is 15.5. The van der Waals surface area contributed by atoms with E-state index in [0.29, 0.717) is 12.0 Å². The molecular formula is C29H36O8Si. The first-order chi connectivity index (χ1) is 17.8. The second kappa shape index (κ2) is 10.3. The highest BCUT2D eigenvalue weighted by Gasteiger charge is 2.48. The van der Waals surface area contributed by atoms with Crippen LogP contribution < -0.4 is 9.47 Å². The Morgan fingerprint density at radius 2 is 1.47 bits per heavy atom. The van der Waals surface area contributed by atoms with Gasteiger partial charge in [0, 0.05) is 37.4 Å². The van der Waals surface area contributed by atoms with Gasteiger partial charge in [0.2, 0.25) is 0 Å². The molecule has 0 amide bonds. The van der Waals surface area contributed by atoms with E-state index in [1.165, 1.54) is 14.2 Å². The molecule has 2 aliphatic carbocycles. The molecule has 0 saturated heterocycles. The standard InChI is InChI=1S/C29H36O8Si/c1-16-11-17-13-21(37-38(7,8)29(2,3)4)25-26(22(17)18(30)12-16)28(32)24-20(36-15-34-6)10-9-19(35-14-33-5)23(24)27(25)31/h9-12,21,30H,13-15H2,1-8H3/t21-/m1/s1. The number of hydrogen-bond acceptors (Lipinski definition) is 8. The number of Topliss-reactive ketones (excluding diaryl/α,β-unsaturated/α-hetero) is 2. The van der Waals surface area contributed by atoms with Crippen LogP contribution in [0.2, 0.25) is 18.1 Å². The van der Waals surface area contributed by atoms with Gasteiger partial charge in [0.25, 0.3) is 0 Å². The van der Waals surface area contributed by atoms with Crippen LogP contribution in [0.15, 0.2) is 29.8 Å². The monoisotopic (exact) mass is 540 g/mol. The molecule has 204 valence electrons. The number of allylic oxidation sites excluding steroid dienone is 1. The lowest BCUT2D eigenvalue weighted by Crippen LogP contribution is -2.47. The van der Waals surface area contributed by atoms with E-state index in [0.717, 1.165) is 11.1 Å². The molecule has 0 aliphatic heterocycles. The molecule has 9 heteroatoms. The largest absolute Gasteiger partial charge is 0.507 e. The molecule has 8 nitrogen and oxygen atoms in total. The van der Waals surface area contributed by atoms with Gasteiger partial charge < -0.3 is 28.5 Å². The fourth-order valence-electron chi connectivity index (χ4n) is 4.78. The van der Waals surface area contributed by atoms with Crippen LogP contribution in [0, 0.1) is 6.92 Å². The van der Waals surface area contributed by atoms with Crippen LogP contribution in [-0.4, -0.2) is 58.9 Å². The second-order valence-electron chi connectivity index (χ2n) is 11.2. The van der Waals surface area contributed by atoms with E-state index in [1.807, 2.05) is 13.0 Å². The zero-order valence-corrected chi connectivity index (χ0v) is 24.3. The van der Waals surface area contributed by atoms with Crippen molar-refractivity contribution in [3.63, 3.8) is 0 Å². The number of benzene rings is 2. The van der Waals surface area contributed by atoms with Crippen molar-refractivity contribution in [1.29, 1.82) is 0 Å². The van der Waals surface area contributed by atoms with Gasteiger partial charge in [-0.1, -0.05) is 26.8 Å². The molecule has 2 aromatic rings. The lowest BCUT2D eigenvalue weighted by Gasteiger charge is -2.42. The molecule has 2 aliphatic rings. The summed E-state index contributed by atoms with van der Waals surface area (Å²) < 4.78 is 28.4. The van der Waals surface area contributed by atoms with Crippen LogP contribution >= 0.6 is 0 Å². The van der Waals surface area contributed by atoms with Crippen LogP contribution in [0.1, 0.15) is 58.2 Å². The Kier molecular flexibility index (Phi) is 7.60. The number of phenols is 1. The summed E-state index contributed by atoms with van der Waals surface area (Å²) >= 11 is 0. The SMILES string of the molecule is COCOc1ccc(OCOC)c2c1C(=O)C1=C(C2=O)[C@H](O[Si](C)(C)C(C)(C)C)Cc2cc(C)cc(O)c21.